The first-order chi connectivity index (χ1) is 12.0. The Morgan fingerprint density at radius 2 is 1.72 bits per heavy atom. The first-order valence-corrected chi connectivity index (χ1v) is 7.86. The summed E-state index contributed by atoms with van der Waals surface area (Å²) >= 11 is 0. The fourth-order valence-electron chi connectivity index (χ4n) is 2.47. The molecule has 6 heteroatoms. The lowest BCUT2D eigenvalue weighted by atomic mass is 10.0. The van der Waals surface area contributed by atoms with E-state index in [4.69, 9.17) is 5.73 Å². The Morgan fingerprint density at radius 3 is 2.36 bits per heavy atom. The maximum absolute atomic E-state index is 12.2. The van der Waals surface area contributed by atoms with Crippen molar-refractivity contribution in [3.63, 3.8) is 0 Å². The Kier molecular flexibility index (Phi) is 6.42. The minimum absolute atomic E-state index is 0.176. The summed E-state index contributed by atoms with van der Waals surface area (Å²) in [6.07, 6.45) is 1.11. The lowest BCUT2D eigenvalue weighted by Gasteiger charge is -2.18. The number of aliphatic carboxylic acids is 1. The first-order valence-electron chi connectivity index (χ1n) is 7.86. The number of carbonyl (C=O) groups is 3. The number of aldehydes is 1. The van der Waals surface area contributed by atoms with Crippen LogP contribution in [0.4, 0.5) is 0 Å². The zero-order valence-electron chi connectivity index (χ0n) is 13.6. The molecule has 25 heavy (non-hydrogen) atoms. The molecule has 0 aromatic heterocycles. The van der Waals surface area contributed by atoms with Crippen LogP contribution in [0.3, 0.4) is 0 Å². The molecule has 0 fully saturated rings. The van der Waals surface area contributed by atoms with Crippen molar-refractivity contribution in [3.05, 3.63) is 71.3 Å². The second-order valence-corrected chi connectivity index (χ2v) is 5.76. The number of carboxylic acid groups (broad SMARTS) is 1. The molecule has 0 saturated carbocycles. The van der Waals surface area contributed by atoms with Gasteiger partial charge in [0.15, 0.2) is 0 Å². The zero-order chi connectivity index (χ0) is 18.2. The monoisotopic (exact) mass is 340 g/mol. The predicted molar refractivity (Wildman–Crippen MR) is 93.2 cm³/mol. The molecule has 0 spiro atoms. The number of hydrogen-bond donors (Lipinski definition) is 3. The molecular formula is C19H20N2O4. The molecule has 0 bridgehead atoms. The maximum atomic E-state index is 12.2. The number of rotatable bonds is 8. The highest BCUT2D eigenvalue weighted by atomic mass is 16.4. The average Bonchev–Trinajstić information content (AvgIpc) is 2.62. The Balaban J connectivity index is 1.99. The van der Waals surface area contributed by atoms with Crippen molar-refractivity contribution in [3.8, 4) is 0 Å². The Bertz CT molecular complexity index is 746. The van der Waals surface area contributed by atoms with Gasteiger partial charge in [-0.1, -0.05) is 48.5 Å². The van der Waals surface area contributed by atoms with E-state index in [1.807, 2.05) is 18.2 Å². The molecule has 0 radical (unpaired) electrons. The van der Waals surface area contributed by atoms with E-state index in [1.165, 1.54) is 0 Å². The fraction of sp³-hybridized carbons (Fsp3) is 0.211. The van der Waals surface area contributed by atoms with Crippen LogP contribution in [0.1, 0.15) is 21.5 Å². The largest absolute Gasteiger partial charge is 0.480 e. The molecular weight excluding hydrogens is 320 g/mol. The van der Waals surface area contributed by atoms with Gasteiger partial charge in [-0.15, -0.1) is 0 Å². The lowest BCUT2D eigenvalue weighted by molar-refractivity contribution is -0.141. The number of hydrogen-bond acceptors (Lipinski definition) is 4. The van der Waals surface area contributed by atoms with Gasteiger partial charge in [-0.2, -0.15) is 0 Å². The highest BCUT2D eigenvalue weighted by Crippen LogP contribution is 2.07. The molecule has 4 N–H and O–H groups in total. The highest BCUT2D eigenvalue weighted by Gasteiger charge is 2.23. The summed E-state index contributed by atoms with van der Waals surface area (Å²) in [7, 11) is 0. The number of carboxylic acids is 1. The van der Waals surface area contributed by atoms with Gasteiger partial charge in [0.25, 0.3) is 0 Å². The predicted octanol–water partition coefficient (Wildman–Crippen LogP) is 1.18. The van der Waals surface area contributed by atoms with Crippen LogP contribution in [0, 0.1) is 0 Å². The van der Waals surface area contributed by atoms with Crippen LogP contribution in [0.2, 0.25) is 0 Å². The second kappa shape index (κ2) is 8.75. The molecule has 0 aliphatic heterocycles. The topological polar surface area (TPSA) is 109 Å². The number of nitrogens with one attached hydrogen (secondary N) is 1. The van der Waals surface area contributed by atoms with Crippen molar-refractivity contribution in [2.75, 3.05) is 0 Å². The van der Waals surface area contributed by atoms with Crippen LogP contribution in [0.5, 0.6) is 0 Å². The molecule has 1 amide bonds. The fourth-order valence-corrected chi connectivity index (χ4v) is 2.47. The van der Waals surface area contributed by atoms with Gasteiger partial charge in [-0.3, -0.25) is 9.59 Å². The van der Waals surface area contributed by atoms with E-state index in [1.54, 1.807) is 36.4 Å². The van der Waals surface area contributed by atoms with Crippen molar-refractivity contribution in [1.29, 1.82) is 0 Å². The molecule has 2 unspecified atom stereocenters. The summed E-state index contributed by atoms with van der Waals surface area (Å²) in [6.45, 7) is 0. The summed E-state index contributed by atoms with van der Waals surface area (Å²) in [5.41, 5.74) is 7.93. The van der Waals surface area contributed by atoms with Gasteiger partial charge in [0.1, 0.15) is 12.3 Å². The molecule has 0 saturated heterocycles. The molecule has 0 aliphatic carbocycles. The normalized spacial score (nSPS) is 12.8. The van der Waals surface area contributed by atoms with E-state index in [-0.39, 0.29) is 12.8 Å². The Hall–Kier alpha value is -2.99. The van der Waals surface area contributed by atoms with E-state index in [0.29, 0.717) is 5.56 Å². The molecule has 2 aromatic rings. The third-order valence-electron chi connectivity index (χ3n) is 3.78. The molecule has 6 nitrogen and oxygen atoms in total. The van der Waals surface area contributed by atoms with Crippen molar-refractivity contribution in [1.82, 2.24) is 5.32 Å². The molecule has 2 rings (SSSR count). The van der Waals surface area contributed by atoms with E-state index in [2.05, 4.69) is 5.32 Å². The van der Waals surface area contributed by atoms with Gasteiger partial charge in [0.2, 0.25) is 5.91 Å². The maximum Gasteiger partial charge on any atom is 0.326 e. The van der Waals surface area contributed by atoms with E-state index in [0.717, 1.165) is 17.4 Å². The first kappa shape index (κ1) is 18.4. The van der Waals surface area contributed by atoms with Crippen molar-refractivity contribution < 1.29 is 19.5 Å². The SMILES string of the molecule is NC(Cc1cccc(C=O)c1)C(=O)NC(Cc1ccccc1)C(=O)O. The third-order valence-corrected chi connectivity index (χ3v) is 3.78. The van der Waals surface area contributed by atoms with Crippen molar-refractivity contribution in [2.45, 2.75) is 24.9 Å². The quantitative estimate of drug-likeness (QED) is 0.625. The molecule has 0 heterocycles. The Labute approximate surface area is 145 Å². The minimum atomic E-state index is -1.12. The second-order valence-electron chi connectivity index (χ2n) is 5.76. The van der Waals surface area contributed by atoms with Gasteiger partial charge in [0.05, 0.1) is 6.04 Å². The van der Waals surface area contributed by atoms with Crippen LogP contribution < -0.4 is 11.1 Å². The zero-order valence-corrected chi connectivity index (χ0v) is 13.6. The standard InChI is InChI=1S/C19H20N2O4/c20-16(10-14-7-4-8-15(9-14)12-22)18(23)21-17(19(24)25)11-13-5-2-1-3-6-13/h1-9,12,16-17H,10-11,20H2,(H,21,23)(H,24,25). The number of benzene rings is 2. The van der Waals surface area contributed by atoms with Crippen LogP contribution in [0.15, 0.2) is 54.6 Å². The molecule has 130 valence electrons. The summed E-state index contributed by atoms with van der Waals surface area (Å²) in [5.74, 6) is -1.66. The van der Waals surface area contributed by atoms with Crippen LogP contribution >= 0.6 is 0 Å². The summed E-state index contributed by atoms with van der Waals surface area (Å²) in [4.78, 5) is 34.4. The van der Waals surface area contributed by atoms with Crippen LogP contribution in [0.25, 0.3) is 0 Å². The van der Waals surface area contributed by atoms with Crippen molar-refractivity contribution in [2.24, 2.45) is 5.73 Å². The summed E-state index contributed by atoms with van der Waals surface area (Å²) in [6, 6.07) is 13.9. The highest BCUT2D eigenvalue weighted by molar-refractivity contribution is 5.87. The van der Waals surface area contributed by atoms with Crippen LogP contribution in [-0.4, -0.2) is 35.4 Å². The molecule has 2 atom stereocenters. The molecule has 0 aliphatic rings. The summed E-state index contributed by atoms with van der Waals surface area (Å²) < 4.78 is 0. The number of carbonyl (C=O) groups excluding carboxylic acids is 2. The minimum Gasteiger partial charge on any atom is -0.480 e. The van der Waals surface area contributed by atoms with Crippen LogP contribution in [-0.2, 0) is 22.4 Å². The van der Waals surface area contributed by atoms with Gasteiger partial charge < -0.3 is 16.2 Å². The third kappa shape index (κ3) is 5.54. The van der Waals surface area contributed by atoms with Crippen molar-refractivity contribution >= 4 is 18.2 Å². The molecule has 2 aromatic carbocycles. The van der Waals surface area contributed by atoms with Gasteiger partial charge in [-0.25, -0.2) is 4.79 Å². The summed E-state index contributed by atoms with van der Waals surface area (Å²) in [5, 5.41) is 11.8. The van der Waals surface area contributed by atoms with E-state index >= 15 is 0 Å². The van der Waals surface area contributed by atoms with Gasteiger partial charge in [0, 0.05) is 12.0 Å². The van der Waals surface area contributed by atoms with Gasteiger partial charge in [-0.05, 0) is 23.6 Å². The van der Waals surface area contributed by atoms with E-state index in [9.17, 15) is 19.5 Å². The number of nitrogens with two attached hydrogens (primary N) is 1. The number of amides is 1. The lowest BCUT2D eigenvalue weighted by Crippen LogP contribution is -2.50. The Morgan fingerprint density at radius 1 is 1.04 bits per heavy atom. The average molecular weight is 340 g/mol. The van der Waals surface area contributed by atoms with Gasteiger partial charge >= 0.3 is 5.97 Å². The smallest absolute Gasteiger partial charge is 0.326 e. The van der Waals surface area contributed by atoms with E-state index < -0.39 is 24.0 Å².